The minimum absolute atomic E-state index is 0.348. The van der Waals surface area contributed by atoms with Gasteiger partial charge in [-0.25, -0.2) is 4.79 Å². The van der Waals surface area contributed by atoms with Crippen LogP contribution in [0.5, 0.6) is 5.75 Å². The van der Waals surface area contributed by atoms with Crippen LogP contribution in [0, 0.1) is 6.92 Å². The number of carboxylic acid groups (broad SMARTS) is 1. The minimum Gasteiger partial charge on any atom is -0.489 e. The van der Waals surface area contributed by atoms with Crippen molar-refractivity contribution in [2.24, 2.45) is 0 Å². The lowest BCUT2D eigenvalue weighted by Crippen LogP contribution is -1.96. The maximum Gasteiger partial charge on any atom is 0.328 e. The molecule has 4 heteroatoms. The molecule has 0 bridgehead atoms. The zero-order chi connectivity index (χ0) is 12.7. The van der Waals surface area contributed by atoms with E-state index in [-0.39, 0.29) is 0 Å². The summed E-state index contributed by atoms with van der Waals surface area (Å²) in [6, 6.07) is 5.57. The molecule has 0 saturated heterocycles. The maximum absolute atomic E-state index is 10.5. The Balaban J connectivity index is 2.91. The molecule has 1 N–H and O–H groups in total. The Hall–Kier alpha value is -1.74. The largest absolute Gasteiger partial charge is 0.489 e. The second-order valence-corrected chi connectivity index (χ2v) is 3.64. The van der Waals surface area contributed by atoms with Crippen molar-refractivity contribution >= 4 is 23.6 Å². The third kappa shape index (κ3) is 4.74. The molecule has 0 fully saturated rings. The average Bonchev–Trinajstić information content (AvgIpc) is 2.29. The molecule has 3 nitrogen and oxygen atoms in total. The van der Waals surface area contributed by atoms with Gasteiger partial charge in [-0.1, -0.05) is 23.2 Å². The molecule has 0 unspecified atom stereocenters. The van der Waals surface area contributed by atoms with Gasteiger partial charge in [-0.15, -0.1) is 0 Å². The first-order valence-corrected chi connectivity index (χ1v) is 5.47. The Kier molecular flexibility index (Phi) is 5.30. The molecule has 1 aromatic rings. The lowest BCUT2D eigenvalue weighted by molar-refractivity contribution is -0.131. The van der Waals surface area contributed by atoms with Gasteiger partial charge >= 0.3 is 5.97 Å². The van der Waals surface area contributed by atoms with E-state index in [1.54, 1.807) is 12.1 Å². The molecule has 0 atom stereocenters. The predicted octanol–water partition coefficient (Wildman–Crippen LogP) is 3.22. The van der Waals surface area contributed by atoms with Crippen molar-refractivity contribution in [1.29, 1.82) is 0 Å². The summed E-state index contributed by atoms with van der Waals surface area (Å²) in [5.74, 6) is -0.360. The lowest BCUT2D eigenvalue weighted by atomic mass is 10.1. The fourth-order valence-corrected chi connectivity index (χ4v) is 1.34. The zero-order valence-corrected chi connectivity index (χ0v) is 10.1. The van der Waals surface area contributed by atoms with Crippen molar-refractivity contribution in [3.05, 3.63) is 47.0 Å². The number of carbonyl (C=O) groups is 1. The Morgan fingerprint density at radius 2 is 2.29 bits per heavy atom. The van der Waals surface area contributed by atoms with Gasteiger partial charge in [-0.05, 0) is 31.2 Å². The molecule has 0 radical (unpaired) electrons. The van der Waals surface area contributed by atoms with Crippen molar-refractivity contribution in [1.82, 2.24) is 0 Å². The van der Waals surface area contributed by atoms with Gasteiger partial charge in [0.2, 0.25) is 0 Å². The SMILES string of the molecule is Cc1ccc(OCC=CCl)c(C=CC(=O)O)c1. The van der Waals surface area contributed by atoms with Crippen LogP contribution in [0.2, 0.25) is 0 Å². The van der Waals surface area contributed by atoms with E-state index in [0.717, 1.165) is 17.2 Å². The van der Waals surface area contributed by atoms with Crippen LogP contribution in [0.25, 0.3) is 6.08 Å². The average molecular weight is 253 g/mol. The molecular weight excluding hydrogens is 240 g/mol. The number of halogens is 1. The standard InChI is InChI=1S/C13H13ClO3/c1-10-3-5-12(17-8-2-7-14)11(9-10)4-6-13(15)16/h2-7,9H,8H2,1H3,(H,15,16). The summed E-state index contributed by atoms with van der Waals surface area (Å²) >= 11 is 5.38. The Morgan fingerprint density at radius 3 is 2.94 bits per heavy atom. The number of aryl methyl sites for hydroxylation is 1. The predicted molar refractivity (Wildman–Crippen MR) is 68.3 cm³/mol. The van der Waals surface area contributed by atoms with E-state index < -0.39 is 5.97 Å². The molecule has 0 aliphatic rings. The number of carboxylic acids is 1. The fourth-order valence-electron chi connectivity index (χ4n) is 1.26. The molecule has 90 valence electrons. The number of hydrogen-bond donors (Lipinski definition) is 1. The van der Waals surface area contributed by atoms with Crippen molar-refractivity contribution in [3.8, 4) is 5.75 Å². The quantitative estimate of drug-likeness (QED) is 0.819. The van der Waals surface area contributed by atoms with Gasteiger partial charge in [0, 0.05) is 17.2 Å². The van der Waals surface area contributed by atoms with E-state index in [1.807, 2.05) is 19.1 Å². The molecule has 0 spiro atoms. The van der Waals surface area contributed by atoms with Crippen LogP contribution in [0.15, 0.2) is 35.9 Å². The molecule has 1 aromatic carbocycles. The molecule has 0 heterocycles. The summed E-state index contributed by atoms with van der Waals surface area (Å²) in [6.07, 6.45) is 4.25. The fraction of sp³-hybridized carbons (Fsp3) is 0.154. The normalized spacial score (nSPS) is 11.2. The first-order valence-electron chi connectivity index (χ1n) is 5.03. The van der Waals surface area contributed by atoms with Gasteiger partial charge in [0.05, 0.1) is 0 Å². The monoisotopic (exact) mass is 252 g/mol. The van der Waals surface area contributed by atoms with Gasteiger partial charge in [-0.3, -0.25) is 0 Å². The highest BCUT2D eigenvalue weighted by Crippen LogP contribution is 2.21. The molecule has 17 heavy (non-hydrogen) atoms. The Bertz CT molecular complexity index is 450. The number of ether oxygens (including phenoxy) is 1. The van der Waals surface area contributed by atoms with Gasteiger partial charge in [0.15, 0.2) is 0 Å². The minimum atomic E-state index is -0.988. The number of rotatable bonds is 5. The van der Waals surface area contributed by atoms with Crippen LogP contribution in [-0.2, 0) is 4.79 Å². The van der Waals surface area contributed by atoms with E-state index in [2.05, 4.69) is 0 Å². The van der Waals surface area contributed by atoms with Crippen LogP contribution in [0.3, 0.4) is 0 Å². The van der Waals surface area contributed by atoms with E-state index in [1.165, 1.54) is 11.6 Å². The van der Waals surface area contributed by atoms with Gasteiger partial charge in [0.1, 0.15) is 12.4 Å². The third-order valence-corrected chi connectivity index (χ3v) is 2.17. The van der Waals surface area contributed by atoms with E-state index in [4.69, 9.17) is 21.4 Å². The summed E-state index contributed by atoms with van der Waals surface area (Å²) in [5, 5.41) is 8.59. The van der Waals surface area contributed by atoms with Crippen molar-refractivity contribution in [2.45, 2.75) is 6.92 Å². The Morgan fingerprint density at radius 1 is 1.53 bits per heavy atom. The number of aliphatic carboxylic acids is 1. The summed E-state index contributed by atoms with van der Waals surface area (Å²) in [4.78, 5) is 10.5. The summed E-state index contributed by atoms with van der Waals surface area (Å²) in [6.45, 7) is 2.28. The maximum atomic E-state index is 10.5. The summed E-state index contributed by atoms with van der Waals surface area (Å²) in [7, 11) is 0. The van der Waals surface area contributed by atoms with Crippen LogP contribution in [-0.4, -0.2) is 17.7 Å². The smallest absolute Gasteiger partial charge is 0.328 e. The molecular formula is C13H13ClO3. The van der Waals surface area contributed by atoms with E-state index >= 15 is 0 Å². The molecule has 0 saturated carbocycles. The second kappa shape index (κ2) is 6.76. The first kappa shape index (κ1) is 13.3. The topological polar surface area (TPSA) is 46.5 Å². The molecule has 1 rings (SSSR count). The van der Waals surface area contributed by atoms with Crippen LogP contribution < -0.4 is 4.74 Å². The molecule has 0 amide bonds. The number of benzene rings is 1. The van der Waals surface area contributed by atoms with Crippen molar-refractivity contribution in [3.63, 3.8) is 0 Å². The third-order valence-electron chi connectivity index (χ3n) is 1.99. The lowest BCUT2D eigenvalue weighted by Gasteiger charge is -2.07. The van der Waals surface area contributed by atoms with Crippen molar-refractivity contribution < 1.29 is 14.6 Å². The first-order chi connectivity index (χ1) is 8.13. The van der Waals surface area contributed by atoms with Gasteiger partial charge in [-0.2, -0.15) is 0 Å². The summed E-state index contributed by atoms with van der Waals surface area (Å²) < 4.78 is 5.45. The highest BCUT2D eigenvalue weighted by Gasteiger charge is 2.01. The van der Waals surface area contributed by atoms with E-state index in [9.17, 15) is 4.79 Å². The highest BCUT2D eigenvalue weighted by molar-refractivity contribution is 6.25. The van der Waals surface area contributed by atoms with Crippen molar-refractivity contribution in [2.75, 3.05) is 6.61 Å². The van der Waals surface area contributed by atoms with Gasteiger partial charge in [0.25, 0.3) is 0 Å². The van der Waals surface area contributed by atoms with Gasteiger partial charge < -0.3 is 9.84 Å². The van der Waals surface area contributed by atoms with E-state index in [0.29, 0.717) is 12.4 Å². The van der Waals surface area contributed by atoms with Crippen LogP contribution in [0.4, 0.5) is 0 Å². The summed E-state index contributed by atoms with van der Waals surface area (Å²) in [5.41, 5.74) is 3.15. The second-order valence-electron chi connectivity index (χ2n) is 3.39. The molecule has 0 aliphatic carbocycles. The van der Waals surface area contributed by atoms with Crippen LogP contribution in [0.1, 0.15) is 11.1 Å². The highest BCUT2D eigenvalue weighted by atomic mass is 35.5. The zero-order valence-electron chi connectivity index (χ0n) is 9.39. The Labute approximate surface area is 105 Å². The molecule has 0 aromatic heterocycles. The number of hydrogen-bond acceptors (Lipinski definition) is 2. The molecule has 0 aliphatic heterocycles. The van der Waals surface area contributed by atoms with Crippen LogP contribution >= 0.6 is 11.6 Å².